The van der Waals surface area contributed by atoms with Crippen molar-refractivity contribution in [2.75, 3.05) is 19.7 Å². The highest BCUT2D eigenvalue weighted by Crippen LogP contribution is 2.21. The van der Waals surface area contributed by atoms with Gasteiger partial charge in [-0.05, 0) is 89.2 Å². The summed E-state index contributed by atoms with van der Waals surface area (Å²) in [5.41, 5.74) is 11.8. The van der Waals surface area contributed by atoms with Crippen LogP contribution in [0.3, 0.4) is 0 Å². The number of nitrogens with zero attached hydrogens (tertiary/aromatic N) is 1. The molecule has 13 N–H and O–H groups in total. The van der Waals surface area contributed by atoms with E-state index >= 15 is 0 Å². The van der Waals surface area contributed by atoms with Crippen molar-refractivity contribution in [3.05, 3.63) is 35.9 Å². The largest absolute Gasteiger partial charge is 0.394 e. The van der Waals surface area contributed by atoms with E-state index < -0.39 is 120 Å². The number of hydrogen-bond acceptors (Lipinski definition) is 13. The van der Waals surface area contributed by atoms with Crippen molar-refractivity contribution in [3.8, 4) is 0 Å². The lowest BCUT2D eigenvalue weighted by atomic mass is 9.99. The second kappa shape index (κ2) is 37.0. The number of benzene rings is 1. The number of ketones is 1. The number of likely N-dealkylation sites (tertiary alicyclic amines) is 1. The Kier molecular flexibility index (Phi) is 32.3. The van der Waals surface area contributed by atoms with Gasteiger partial charge in [-0.15, -0.1) is 0 Å². The van der Waals surface area contributed by atoms with Gasteiger partial charge >= 0.3 is 0 Å². The summed E-state index contributed by atoms with van der Waals surface area (Å²) in [6.45, 7) is 11.4. The van der Waals surface area contributed by atoms with Gasteiger partial charge in [-0.3, -0.25) is 43.2 Å². The third-order valence-electron chi connectivity index (χ3n) is 13.8. The Bertz CT molecular complexity index is 2070. The minimum atomic E-state index is -1.66. The lowest BCUT2D eigenvalue weighted by Crippen LogP contribution is -2.62. The van der Waals surface area contributed by atoms with Gasteiger partial charge in [-0.25, -0.2) is 0 Å². The predicted octanol–water partition coefficient (Wildman–Crippen LogP) is 1.59. The molecule has 0 unspecified atom stereocenters. The molecule has 0 bridgehead atoms. The minimum absolute atomic E-state index is 0.0173. The number of rotatable bonds is 39. The number of primary amides is 1. The third-order valence-corrected chi connectivity index (χ3v) is 13.8. The Morgan fingerprint density at radius 2 is 1.19 bits per heavy atom. The fourth-order valence-electron chi connectivity index (χ4n) is 9.22. The van der Waals surface area contributed by atoms with Gasteiger partial charge in [0.2, 0.25) is 53.2 Å². The Balaban J connectivity index is 2.25. The van der Waals surface area contributed by atoms with E-state index in [1.165, 1.54) is 44.4 Å². The summed E-state index contributed by atoms with van der Waals surface area (Å²) < 4.78 is 0. The molecule has 0 aliphatic carbocycles. The van der Waals surface area contributed by atoms with E-state index in [0.717, 1.165) is 25.7 Å². The van der Waals surface area contributed by atoms with Crippen molar-refractivity contribution < 1.29 is 58.2 Å². The van der Waals surface area contributed by atoms with E-state index in [2.05, 4.69) is 44.1 Å². The standard InChI is InChI=1S/C56H94N10O12/c1-8-9-10-11-12-13-14-15-19-27-46(70)59-44(34-67)52(74)63-43(33-39-23-17-16-18-24-39)56(78)66-31-22-26-45(66)53(75)64-47(36(4)5)54(76)65-48(38(7)69)55(77)62-42(32-35(2)3)51(73)61-41(29-28-37(6)68)50(72)60-40(49(58)71)25-20-21-30-57/h16-18,23-24,35-36,38,40-45,47-48,67,69H,8-15,19-22,25-34,57H2,1-7H3,(H2,58,71)(H,59,70)(H,60,72)(H,61,73)(H,62,77)(H,63,74)(H,64,75)(H,65,76)/t38-,40+,41+,42+,43+,44+,45+,47+,48+/m1/s1. The number of nitrogens with two attached hydrogens (primary N) is 2. The lowest BCUT2D eigenvalue weighted by Gasteiger charge is -2.32. The molecule has 22 nitrogen and oxygen atoms in total. The summed E-state index contributed by atoms with van der Waals surface area (Å²) in [7, 11) is 0. The van der Waals surface area contributed by atoms with Crippen LogP contribution in [0.4, 0.5) is 0 Å². The molecule has 0 radical (unpaired) electrons. The molecule has 1 aliphatic rings. The van der Waals surface area contributed by atoms with Crippen LogP contribution in [0.15, 0.2) is 30.3 Å². The zero-order valence-corrected chi connectivity index (χ0v) is 47.4. The maximum atomic E-state index is 14.5. The normalized spacial score (nSPS) is 16.4. The number of Topliss-reactive ketones (excluding diaryl/α,β-unsaturated/α-hetero) is 1. The molecule has 0 saturated carbocycles. The molecule has 1 aliphatic heterocycles. The average Bonchev–Trinajstić information content (AvgIpc) is 3.89. The summed E-state index contributed by atoms with van der Waals surface area (Å²) >= 11 is 0. The Labute approximate surface area is 461 Å². The number of hydrogen-bond donors (Lipinski definition) is 11. The molecule has 9 amide bonds. The number of aliphatic hydroxyl groups excluding tert-OH is 2. The van der Waals surface area contributed by atoms with Crippen LogP contribution in [0.25, 0.3) is 0 Å². The zero-order valence-electron chi connectivity index (χ0n) is 47.4. The van der Waals surface area contributed by atoms with E-state index in [-0.39, 0.29) is 63.2 Å². The van der Waals surface area contributed by atoms with Gasteiger partial charge in [0.25, 0.3) is 0 Å². The van der Waals surface area contributed by atoms with Gasteiger partial charge in [0.05, 0.1) is 12.7 Å². The van der Waals surface area contributed by atoms with Crippen molar-refractivity contribution in [3.63, 3.8) is 0 Å². The first-order chi connectivity index (χ1) is 37.0. The summed E-state index contributed by atoms with van der Waals surface area (Å²) in [4.78, 5) is 136. The number of amides is 9. The van der Waals surface area contributed by atoms with E-state index in [4.69, 9.17) is 11.5 Å². The number of nitrogens with one attached hydrogen (secondary N) is 7. The summed E-state index contributed by atoms with van der Waals surface area (Å²) in [6.07, 6.45) is 9.87. The summed E-state index contributed by atoms with van der Waals surface area (Å²) in [5, 5.41) is 39.4. The van der Waals surface area contributed by atoms with Crippen molar-refractivity contribution in [1.82, 2.24) is 42.1 Å². The van der Waals surface area contributed by atoms with Gasteiger partial charge in [-0.2, -0.15) is 0 Å². The minimum Gasteiger partial charge on any atom is -0.394 e. The van der Waals surface area contributed by atoms with Gasteiger partial charge in [0, 0.05) is 25.8 Å². The molecule has 9 atom stereocenters. The number of carbonyl (C=O) groups is 10. The fraction of sp³-hybridized carbons (Fsp3) is 0.714. The third kappa shape index (κ3) is 25.2. The first-order valence-corrected chi connectivity index (χ1v) is 28.3. The van der Waals surface area contributed by atoms with E-state index in [9.17, 15) is 58.2 Å². The molecule has 1 aromatic carbocycles. The number of aliphatic hydroxyl groups is 2. The summed E-state index contributed by atoms with van der Waals surface area (Å²) in [6, 6.07) is -1.44. The maximum Gasteiger partial charge on any atom is 0.246 e. The molecule has 1 fully saturated rings. The smallest absolute Gasteiger partial charge is 0.246 e. The molecule has 1 saturated heterocycles. The predicted molar refractivity (Wildman–Crippen MR) is 295 cm³/mol. The average molecular weight is 1100 g/mol. The van der Waals surface area contributed by atoms with Crippen LogP contribution in [0, 0.1) is 11.8 Å². The molecule has 1 heterocycles. The maximum absolute atomic E-state index is 14.5. The first kappa shape index (κ1) is 68.1. The summed E-state index contributed by atoms with van der Waals surface area (Å²) in [5.74, 6) is -7.76. The van der Waals surface area contributed by atoms with Crippen molar-refractivity contribution >= 4 is 58.9 Å². The SMILES string of the molecule is CCCCCCCCCCCC(=O)N[C@@H](CO)C(=O)N[C@@H](Cc1ccccc1)C(=O)N1CCC[C@H]1C(=O)N[C@H](C(=O)N[C@H](C(=O)N[C@@H](CC(C)C)C(=O)N[C@@H](CCC(C)=O)C(=O)N[C@@H](CCCCN)C(N)=O)[C@@H](C)O)C(C)C. The van der Waals surface area contributed by atoms with Crippen molar-refractivity contribution in [2.24, 2.45) is 23.3 Å². The quantitative estimate of drug-likeness (QED) is 0.0418. The molecule has 440 valence electrons. The second-order valence-electron chi connectivity index (χ2n) is 21.5. The topological polar surface area (TPSA) is 351 Å². The molecule has 2 rings (SSSR count). The zero-order chi connectivity index (χ0) is 58.3. The lowest BCUT2D eigenvalue weighted by molar-refractivity contribution is -0.143. The van der Waals surface area contributed by atoms with Gasteiger partial charge < -0.3 is 68.6 Å². The van der Waals surface area contributed by atoms with Crippen LogP contribution < -0.4 is 48.7 Å². The van der Waals surface area contributed by atoms with Crippen LogP contribution in [0.5, 0.6) is 0 Å². The molecule has 0 spiro atoms. The van der Waals surface area contributed by atoms with E-state index in [1.807, 2.05) is 0 Å². The molecule has 22 heteroatoms. The van der Waals surface area contributed by atoms with Gasteiger partial charge in [0.15, 0.2) is 0 Å². The Hall–Kier alpha value is -6.00. The van der Waals surface area contributed by atoms with Gasteiger partial charge in [0.1, 0.15) is 54.1 Å². The number of unbranched alkanes of at least 4 members (excludes halogenated alkanes) is 9. The molecule has 78 heavy (non-hydrogen) atoms. The van der Waals surface area contributed by atoms with Crippen LogP contribution >= 0.6 is 0 Å². The molecule has 1 aromatic rings. The number of carbonyl (C=O) groups excluding carboxylic acids is 10. The van der Waals surface area contributed by atoms with Crippen LogP contribution in [0.1, 0.15) is 170 Å². The first-order valence-electron chi connectivity index (χ1n) is 28.3. The van der Waals surface area contributed by atoms with E-state index in [1.54, 1.807) is 58.0 Å². The molecular weight excluding hydrogens is 1000 g/mol. The Morgan fingerprint density at radius 1 is 0.628 bits per heavy atom. The molecular formula is C56H94N10O12. The van der Waals surface area contributed by atoms with Gasteiger partial charge in [-0.1, -0.05) is 116 Å². The second-order valence-corrected chi connectivity index (χ2v) is 21.5. The highest BCUT2D eigenvalue weighted by atomic mass is 16.3. The van der Waals surface area contributed by atoms with E-state index in [0.29, 0.717) is 37.8 Å². The van der Waals surface area contributed by atoms with Crippen molar-refractivity contribution in [1.29, 1.82) is 0 Å². The highest BCUT2D eigenvalue weighted by Gasteiger charge is 2.41. The monoisotopic (exact) mass is 1100 g/mol. The fourth-order valence-corrected chi connectivity index (χ4v) is 9.22. The van der Waals surface area contributed by atoms with Crippen LogP contribution in [-0.4, -0.2) is 148 Å². The van der Waals surface area contributed by atoms with Crippen molar-refractivity contribution in [2.45, 2.75) is 225 Å². The van der Waals surface area contributed by atoms with Crippen LogP contribution in [0.2, 0.25) is 0 Å². The molecule has 0 aromatic heterocycles. The Morgan fingerprint density at radius 3 is 1.76 bits per heavy atom. The highest BCUT2D eigenvalue weighted by molar-refractivity contribution is 5.98. The van der Waals surface area contributed by atoms with Crippen LogP contribution in [-0.2, 0) is 54.4 Å².